The molecule has 0 aromatic heterocycles. The highest BCUT2D eigenvalue weighted by atomic mass is 16.5. The summed E-state index contributed by atoms with van der Waals surface area (Å²) in [5.41, 5.74) is 0. The van der Waals surface area contributed by atoms with Crippen molar-refractivity contribution in [2.75, 3.05) is 13.7 Å². The van der Waals surface area contributed by atoms with Gasteiger partial charge in [-0.15, -0.1) is 0 Å². The summed E-state index contributed by atoms with van der Waals surface area (Å²) in [5, 5.41) is 0. The fraction of sp³-hybridized carbons (Fsp3) is 0.652. The van der Waals surface area contributed by atoms with Gasteiger partial charge in [0, 0.05) is 12.8 Å². The summed E-state index contributed by atoms with van der Waals surface area (Å²) in [6.45, 7) is 2.73. The standard InChI is InChI=1S/C23H36O5/c1-3-4-5-12-19-27-22(24)13-10-8-6-7-9-11-14-23(25)28-21-17-15-20(26-2)16-18-21/h15-18H,3-14,19H2,1-2H3. The quantitative estimate of drug-likeness (QED) is 0.201. The van der Waals surface area contributed by atoms with Crippen LogP contribution < -0.4 is 9.47 Å². The molecule has 0 bridgehead atoms. The van der Waals surface area contributed by atoms with Crippen LogP contribution in [-0.4, -0.2) is 25.7 Å². The molecular formula is C23H36O5. The van der Waals surface area contributed by atoms with Crippen molar-refractivity contribution in [2.45, 2.75) is 84.0 Å². The van der Waals surface area contributed by atoms with Gasteiger partial charge in [0.25, 0.3) is 0 Å². The zero-order chi connectivity index (χ0) is 20.5. The average molecular weight is 393 g/mol. The van der Waals surface area contributed by atoms with Crippen LogP contribution in [0.25, 0.3) is 0 Å². The van der Waals surface area contributed by atoms with Crippen molar-refractivity contribution < 1.29 is 23.8 Å². The minimum absolute atomic E-state index is 0.0715. The molecule has 0 N–H and O–H groups in total. The minimum atomic E-state index is -0.202. The van der Waals surface area contributed by atoms with Crippen molar-refractivity contribution in [3.05, 3.63) is 24.3 Å². The van der Waals surface area contributed by atoms with Gasteiger partial charge in [-0.05, 0) is 43.5 Å². The van der Waals surface area contributed by atoms with Crippen LogP contribution in [0.3, 0.4) is 0 Å². The number of hydrogen-bond acceptors (Lipinski definition) is 5. The van der Waals surface area contributed by atoms with Gasteiger partial charge in [0.15, 0.2) is 0 Å². The lowest BCUT2D eigenvalue weighted by Crippen LogP contribution is -2.07. The number of benzene rings is 1. The van der Waals surface area contributed by atoms with Crippen LogP contribution in [-0.2, 0) is 14.3 Å². The monoisotopic (exact) mass is 392 g/mol. The van der Waals surface area contributed by atoms with E-state index >= 15 is 0 Å². The number of carbonyl (C=O) groups excluding carboxylic acids is 2. The van der Waals surface area contributed by atoms with E-state index in [0.717, 1.165) is 57.1 Å². The smallest absolute Gasteiger partial charge is 0.311 e. The van der Waals surface area contributed by atoms with Crippen LogP contribution in [0.1, 0.15) is 84.0 Å². The van der Waals surface area contributed by atoms with E-state index in [9.17, 15) is 9.59 Å². The lowest BCUT2D eigenvalue weighted by Gasteiger charge is -2.06. The second-order valence-corrected chi connectivity index (χ2v) is 7.05. The summed E-state index contributed by atoms with van der Waals surface area (Å²) in [4.78, 5) is 23.4. The molecule has 5 nitrogen and oxygen atoms in total. The number of rotatable bonds is 16. The zero-order valence-corrected chi connectivity index (χ0v) is 17.5. The third-order valence-electron chi connectivity index (χ3n) is 4.56. The van der Waals surface area contributed by atoms with Gasteiger partial charge in [0.1, 0.15) is 11.5 Å². The van der Waals surface area contributed by atoms with E-state index in [0.29, 0.717) is 25.2 Å². The van der Waals surface area contributed by atoms with Crippen LogP contribution in [0, 0.1) is 0 Å². The van der Waals surface area contributed by atoms with Crippen LogP contribution in [0.15, 0.2) is 24.3 Å². The second-order valence-electron chi connectivity index (χ2n) is 7.05. The van der Waals surface area contributed by atoms with Gasteiger partial charge in [-0.25, -0.2) is 0 Å². The van der Waals surface area contributed by atoms with Gasteiger partial charge in [-0.1, -0.05) is 51.9 Å². The van der Waals surface area contributed by atoms with Crippen molar-refractivity contribution in [1.82, 2.24) is 0 Å². The summed E-state index contributed by atoms with van der Waals surface area (Å²) >= 11 is 0. The van der Waals surface area contributed by atoms with Crippen molar-refractivity contribution in [2.24, 2.45) is 0 Å². The number of hydrogen-bond donors (Lipinski definition) is 0. The van der Waals surface area contributed by atoms with Gasteiger partial charge in [-0.3, -0.25) is 9.59 Å². The first-order valence-corrected chi connectivity index (χ1v) is 10.7. The molecule has 0 heterocycles. The van der Waals surface area contributed by atoms with E-state index in [2.05, 4.69) is 6.92 Å². The first-order chi connectivity index (χ1) is 13.7. The van der Waals surface area contributed by atoms with Crippen molar-refractivity contribution >= 4 is 11.9 Å². The Morgan fingerprint density at radius 2 is 1.25 bits per heavy atom. The number of esters is 2. The summed E-state index contributed by atoms with van der Waals surface area (Å²) in [5.74, 6) is 1.01. The summed E-state index contributed by atoms with van der Waals surface area (Å²) in [6.07, 6.45) is 11.3. The van der Waals surface area contributed by atoms with Gasteiger partial charge in [-0.2, -0.15) is 0 Å². The summed E-state index contributed by atoms with van der Waals surface area (Å²) in [6, 6.07) is 7.00. The maximum absolute atomic E-state index is 11.8. The van der Waals surface area contributed by atoms with Gasteiger partial charge in [0.2, 0.25) is 0 Å². The van der Waals surface area contributed by atoms with E-state index in [-0.39, 0.29) is 11.9 Å². The van der Waals surface area contributed by atoms with Crippen LogP contribution in [0.5, 0.6) is 11.5 Å². The highest BCUT2D eigenvalue weighted by Gasteiger charge is 2.05. The SMILES string of the molecule is CCCCCCOC(=O)CCCCCCCCC(=O)Oc1ccc(OC)cc1. The Bertz CT molecular complexity index is 538. The molecule has 0 aliphatic heterocycles. The maximum Gasteiger partial charge on any atom is 0.311 e. The number of methoxy groups -OCH3 is 1. The molecule has 158 valence electrons. The minimum Gasteiger partial charge on any atom is -0.497 e. The Labute approximate surface area is 169 Å². The third-order valence-corrected chi connectivity index (χ3v) is 4.56. The molecule has 1 aromatic carbocycles. The highest BCUT2D eigenvalue weighted by molar-refractivity contribution is 5.72. The molecule has 0 spiro atoms. The molecule has 0 saturated heterocycles. The topological polar surface area (TPSA) is 61.8 Å². The Hall–Kier alpha value is -2.04. The summed E-state index contributed by atoms with van der Waals surface area (Å²) in [7, 11) is 1.60. The lowest BCUT2D eigenvalue weighted by atomic mass is 10.1. The number of ether oxygens (including phenoxy) is 3. The van der Waals surface area contributed by atoms with Crippen LogP contribution in [0.4, 0.5) is 0 Å². The molecular weight excluding hydrogens is 356 g/mol. The van der Waals surface area contributed by atoms with Crippen molar-refractivity contribution in [3.8, 4) is 11.5 Å². The van der Waals surface area contributed by atoms with Crippen molar-refractivity contribution in [3.63, 3.8) is 0 Å². The Morgan fingerprint density at radius 3 is 1.86 bits per heavy atom. The average Bonchev–Trinajstić information content (AvgIpc) is 2.70. The van der Waals surface area contributed by atoms with E-state index in [1.54, 1.807) is 31.4 Å². The van der Waals surface area contributed by atoms with Gasteiger partial charge >= 0.3 is 11.9 Å². The Morgan fingerprint density at radius 1 is 0.714 bits per heavy atom. The Kier molecular flexibility index (Phi) is 13.7. The van der Waals surface area contributed by atoms with Crippen LogP contribution in [0.2, 0.25) is 0 Å². The molecule has 0 amide bonds. The van der Waals surface area contributed by atoms with E-state index < -0.39 is 0 Å². The Balaban J connectivity index is 1.92. The van der Waals surface area contributed by atoms with Gasteiger partial charge < -0.3 is 14.2 Å². The first kappa shape index (κ1) is 24.0. The first-order valence-electron chi connectivity index (χ1n) is 10.7. The molecule has 0 radical (unpaired) electrons. The largest absolute Gasteiger partial charge is 0.497 e. The van der Waals surface area contributed by atoms with Gasteiger partial charge in [0.05, 0.1) is 13.7 Å². The molecule has 0 aliphatic rings. The molecule has 1 rings (SSSR count). The highest BCUT2D eigenvalue weighted by Crippen LogP contribution is 2.18. The molecule has 0 fully saturated rings. The second kappa shape index (κ2) is 16.0. The zero-order valence-electron chi connectivity index (χ0n) is 17.5. The maximum atomic E-state index is 11.8. The predicted octanol–water partition coefficient (Wildman–Crippen LogP) is 5.84. The predicted molar refractivity (Wildman–Crippen MR) is 111 cm³/mol. The molecule has 0 unspecified atom stereocenters. The summed E-state index contributed by atoms with van der Waals surface area (Å²) < 4.78 is 15.6. The normalized spacial score (nSPS) is 10.5. The van der Waals surface area contributed by atoms with E-state index in [4.69, 9.17) is 14.2 Å². The molecule has 1 aromatic rings. The van der Waals surface area contributed by atoms with E-state index in [1.807, 2.05) is 0 Å². The molecule has 28 heavy (non-hydrogen) atoms. The fourth-order valence-corrected chi connectivity index (χ4v) is 2.86. The molecule has 0 aliphatic carbocycles. The molecule has 0 atom stereocenters. The fourth-order valence-electron chi connectivity index (χ4n) is 2.86. The van der Waals surface area contributed by atoms with Crippen LogP contribution >= 0.6 is 0 Å². The third kappa shape index (κ3) is 12.4. The molecule has 5 heteroatoms. The van der Waals surface area contributed by atoms with Crippen molar-refractivity contribution in [1.29, 1.82) is 0 Å². The number of carbonyl (C=O) groups is 2. The molecule has 0 saturated carbocycles. The lowest BCUT2D eigenvalue weighted by molar-refractivity contribution is -0.144. The number of unbranched alkanes of at least 4 members (excludes halogenated alkanes) is 8. The van der Waals surface area contributed by atoms with E-state index in [1.165, 1.54) is 12.8 Å².